The summed E-state index contributed by atoms with van der Waals surface area (Å²) in [4.78, 5) is 12.4. The lowest BCUT2D eigenvalue weighted by Gasteiger charge is -2.23. The molecule has 0 heterocycles. The molecular weight excluding hydrogens is 370 g/mol. The fourth-order valence-electron chi connectivity index (χ4n) is 2.62. The lowest BCUT2D eigenvalue weighted by atomic mass is 9.97. The molecule has 5 heteroatoms. The van der Waals surface area contributed by atoms with E-state index in [1.54, 1.807) is 6.92 Å². The van der Waals surface area contributed by atoms with E-state index in [1.165, 1.54) is 0 Å². The van der Waals surface area contributed by atoms with Crippen molar-refractivity contribution in [2.24, 2.45) is 0 Å². The molecule has 0 fully saturated rings. The minimum atomic E-state index is -1.38. The van der Waals surface area contributed by atoms with E-state index in [0.717, 1.165) is 22.3 Å². The van der Waals surface area contributed by atoms with Gasteiger partial charge in [-0.1, -0.05) is 61.2 Å². The second kappa shape index (κ2) is 9.80. The van der Waals surface area contributed by atoms with Gasteiger partial charge in [-0.3, -0.25) is 4.79 Å². The van der Waals surface area contributed by atoms with Crippen LogP contribution in [-0.4, -0.2) is 27.6 Å². The van der Waals surface area contributed by atoms with Crippen LogP contribution in [-0.2, 0) is 20.5 Å². The molecule has 0 aliphatic heterocycles. The van der Waals surface area contributed by atoms with Crippen LogP contribution in [0.15, 0.2) is 61.2 Å². The Morgan fingerprint density at radius 2 is 1.64 bits per heavy atom. The summed E-state index contributed by atoms with van der Waals surface area (Å²) in [5, 5.41) is 0. The summed E-state index contributed by atoms with van der Waals surface area (Å²) >= 11 is 0. The summed E-state index contributed by atoms with van der Waals surface area (Å²) < 4.78 is 20.1. The van der Waals surface area contributed by atoms with E-state index in [9.17, 15) is 9.00 Å². The standard InChI is InChI=1S/C23H29NO3S/c1-6-27-22(25)21(24-28(26)23(3,4)5)16-17(2)18-12-14-20(15-13-18)19-10-8-7-9-11-19/h7-15,21,24H,2,6,16H2,1,3-5H3/t21-,28-/m0/s1. The first-order valence-corrected chi connectivity index (χ1v) is 10.6. The molecule has 4 nitrogen and oxygen atoms in total. The number of nitrogens with one attached hydrogen (secondary N) is 1. The third kappa shape index (κ3) is 6.14. The molecule has 0 saturated heterocycles. The highest BCUT2D eigenvalue weighted by molar-refractivity contribution is 7.84. The van der Waals surface area contributed by atoms with Gasteiger partial charge < -0.3 is 4.74 Å². The van der Waals surface area contributed by atoms with Crippen LogP contribution in [0.5, 0.6) is 0 Å². The van der Waals surface area contributed by atoms with Gasteiger partial charge in [-0.25, -0.2) is 8.93 Å². The molecule has 0 aromatic heterocycles. The third-order valence-electron chi connectivity index (χ3n) is 4.23. The minimum absolute atomic E-state index is 0.275. The average Bonchev–Trinajstić information content (AvgIpc) is 2.67. The van der Waals surface area contributed by atoms with Gasteiger partial charge in [0.25, 0.3) is 0 Å². The van der Waals surface area contributed by atoms with Crippen LogP contribution in [0, 0.1) is 0 Å². The lowest BCUT2D eigenvalue weighted by molar-refractivity contribution is -0.144. The molecule has 28 heavy (non-hydrogen) atoms. The molecule has 0 radical (unpaired) electrons. The zero-order valence-corrected chi connectivity index (χ0v) is 17.8. The van der Waals surface area contributed by atoms with Crippen molar-refractivity contribution in [3.8, 4) is 11.1 Å². The Hall–Kier alpha value is -2.24. The fraction of sp³-hybridized carbons (Fsp3) is 0.348. The molecule has 150 valence electrons. The highest BCUT2D eigenvalue weighted by atomic mass is 32.2. The molecule has 0 spiro atoms. The molecule has 2 aromatic carbocycles. The quantitative estimate of drug-likeness (QED) is 0.652. The number of hydrogen-bond donors (Lipinski definition) is 1. The largest absolute Gasteiger partial charge is 0.465 e. The van der Waals surface area contributed by atoms with E-state index in [0.29, 0.717) is 6.42 Å². The van der Waals surface area contributed by atoms with Crippen LogP contribution >= 0.6 is 0 Å². The summed E-state index contributed by atoms with van der Waals surface area (Å²) in [6.45, 7) is 11.7. The van der Waals surface area contributed by atoms with E-state index in [2.05, 4.69) is 23.4 Å². The van der Waals surface area contributed by atoms with Crippen molar-refractivity contribution in [3.63, 3.8) is 0 Å². The van der Waals surface area contributed by atoms with Crippen molar-refractivity contribution in [2.75, 3.05) is 6.61 Å². The normalized spacial score (nSPS) is 13.6. The first kappa shape index (κ1) is 22.1. The first-order valence-electron chi connectivity index (χ1n) is 9.40. The monoisotopic (exact) mass is 399 g/mol. The van der Waals surface area contributed by atoms with Crippen LogP contribution in [0.1, 0.15) is 39.7 Å². The van der Waals surface area contributed by atoms with E-state index in [-0.39, 0.29) is 6.61 Å². The summed E-state index contributed by atoms with van der Waals surface area (Å²) in [5.74, 6) is -0.415. The molecule has 0 unspecified atom stereocenters. The topological polar surface area (TPSA) is 55.4 Å². The van der Waals surface area contributed by atoms with Gasteiger partial charge in [0.1, 0.15) is 6.04 Å². The van der Waals surface area contributed by atoms with Gasteiger partial charge in [0, 0.05) is 0 Å². The predicted octanol–water partition coefficient (Wildman–Crippen LogP) is 4.74. The molecular formula is C23H29NO3S. The number of esters is 1. The number of carbonyl (C=O) groups excluding carboxylic acids is 1. The van der Waals surface area contributed by atoms with Gasteiger partial charge in [0.2, 0.25) is 0 Å². The number of carbonyl (C=O) groups is 1. The zero-order chi connectivity index (χ0) is 20.7. The second-order valence-corrected chi connectivity index (χ2v) is 9.55. The van der Waals surface area contributed by atoms with Crippen molar-refractivity contribution in [3.05, 3.63) is 66.7 Å². The van der Waals surface area contributed by atoms with Gasteiger partial charge in [0.05, 0.1) is 22.3 Å². The van der Waals surface area contributed by atoms with E-state index in [1.807, 2.05) is 63.2 Å². The maximum atomic E-state index is 12.5. The molecule has 2 aromatic rings. The Labute approximate surface area is 170 Å². The second-order valence-electron chi connectivity index (χ2n) is 7.55. The van der Waals surface area contributed by atoms with Crippen LogP contribution < -0.4 is 4.72 Å². The van der Waals surface area contributed by atoms with Gasteiger partial charge in [-0.15, -0.1) is 0 Å². The summed E-state index contributed by atoms with van der Waals surface area (Å²) in [7, 11) is -1.38. The number of benzene rings is 2. The Balaban J connectivity index is 2.13. The first-order chi connectivity index (χ1) is 13.2. The Kier molecular flexibility index (Phi) is 7.72. The van der Waals surface area contributed by atoms with Crippen molar-refractivity contribution < 1.29 is 13.7 Å². The van der Waals surface area contributed by atoms with Crippen molar-refractivity contribution >= 4 is 22.5 Å². The molecule has 0 saturated carbocycles. The number of ether oxygens (including phenoxy) is 1. The highest BCUT2D eigenvalue weighted by Crippen LogP contribution is 2.24. The smallest absolute Gasteiger partial charge is 0.324 e. The fourth-order valence-corrected chi connectivity index (χ4v) is 3.41. The van der Waals surface area contributed by atoms with Gasteiger partial charge >= 0.3 is 5.97 Å². The van der Waals surface area contributed by atoms with E-state index < -0.39 is 27.7 Å². The van der Waals surface area contributed by atoms with Crippen LogP contribution in [0.2, 0.25) is 0 Å². The van der Waals surface area contributed by atoms with Gasteiger partial charge in [-0.05, 0) is 56.4 Å². The van der Waals surface area contributed by atoms with Crippen LogP contribution in [0.3, 0.4) is 0 Å². The zero-order valence-electron chi connectivity index (χ0n) is 17.0. The van der Waals surface area contributed by atoms with Crippen molar-refractivity contribution in [2.45, 2.75) is 44.9 Å². The molecule has 2 rings (SSSR count). The molecule has 0 aliphatic rings. The Morgan fingerprint density at radius 1 is 1.07 bits per heavy atom. The Bertz CT molecular complexity index is 823. The van der Waals surface area contributed by atoms with E-state index in [4.69, 9.17) is 4.74 Å². The molecule has 0 amide bonds. The number of rotatable bonds is 8. The summed E-state index contributed by atoms with van der Waals surface area (Å²) in [6.07, 6.45) is 0.325. The van der Waals surface area contributed by atoms with Gasteiger partial charge in [-0.2, -0.15) is 0 Å². The van der Waals surface area contributed by atoms with Crippen molar-refractivity contribution in [1.29, 1.82) is 0 Å². The molecule has 2 atom stereocenters. The van der Waals surface area contributed by atoms with Crippen LogP contribution in [0.25, 0.3) is 16.7 Å². The van der Waals surface area contributed by atoms with Crippen molar-refractivity contribution in [1.82, 2.24) is 4.72 Å². The predicted molar refractivity (Wildman–Crippen MR) is 117 cm³/mol. The molecule has 1 N–H and O–H groups in total. The average molecular weight is 400 g/mol. The Morgan fingerprint density at radius 3 is 2.18 bits per heavy atom. The number of hydrogen-bond acceptors (Lipinski definition) is 3. The highest BCUT2D eigenvalue weighted by Gasteiger charge is 2.28. The lowest BCUT2D eigenvalue weighted by Crippen LogP contribution is -2.44. The molecule has 0 aliphatic carbocycles. The summed E-state index contributed by atoms with van der Waals surface area (Å²) in [5.41, 5.74) is 3.99. The maximum Gasteiger partial charge on any atom is 0.324 e. The van der Waals surface area contributed by atoms with E-state index >= 15 is 0 Å². The van der Waals surface area contributed by atoms with Crippen LogP contribution in [0.4, 0.5) is 0 Å². The summed E-state index contributed by atoms with van der Waals surface area (Å²) in [6, 6.07) is 17.5. The minimum Gasteiger partial charge on any atom is -0.465 e. The maximum absolute atomic E-state index is 12.5. The third-order valence-corrected chi connectivity index (χ3v) is 5.84. The van der Waals surface area contributed by atoms with Gasteiger partial charge in [0.15, 0.2) is 0 Å². The SMILES string of the molecule is C=C(C[C@H](N[S@@](=O)C(C)(C)C)C(=O)OCC)c1ccc(-c2ccccc2)cc1. The molecule has 0 bridgehead atoms.